The Morgan fingerprint density at radius 2 is 2.05 bits per heavy atom. The summed E-state index contributed by atoms with van der Waals surface area (Å²) in [5.74, 6) is -2.18. The quantitative estimate of drug-likeness (QED) is 0.884. The molecule has 1 aliphatic heterocycles. The average molecular weight is 301 g/mol. The maximum atomic E-state index is 12.2. The Labute approximate surface area is 124 Å². The highest BCUT2D eigenvalue weighted by Gasteiger charge is 2.37. The lowest BCUT2D eigenvalue weighted by Crippen LogP contribution is -2.29. The summed E-state index contributed by atoms with van der Waals surface area (Å²) in [6.07, 6.45) is 0. The van der Waals surface area contributed by atoms with Crippen LogP contribution in [0, 0.1) is 6.92 Å². The van der Waals surface area contributed by atoms with Gasteiger partial charge in [-0.3, -0.25) is 9.59 Å². The molecule has 0 saturated carbocycles. The van der Waals surface area contributed by atoms with E-state index in [0.717, 1.165) is 16.9 Å². The van der Waals surface area contributed by atoms with Crippen molar-refractivity contribution in [2.24, 2.45) is 0 Å². The van der Waals surface area contributed by atoms with Gasteiger partial charge in [-0.1, -0.05) is 12.1 Å². The molecule has 6 heteroatoms. The molecule has 1 aliphatic rings. The van der Waals surface area contributed by atoms with Crippen molar-refractivity contribution in [2.45, 2.75) is 13.5 Å². The number of Topliss-reactive ketones (excluding diaryl/α,β-unsaturated/α-hetero) is 1. The predicted octanol–water partition coefficient (Wildman–Crippen LogP) is 2.48. The number of aryl methyl sites for hydroxylation is 1. The minimum Gasteiger partial charge on any atom is -0.477 e. The zero-order valence-electron chi connectivity index (χ0n) is 11.1. The molecule has 0 atom stereocenters. The Bertz CT molecular complexity index is 778. The van der Waals surface area contributed by atoms with Crippen molar-refractivity contribution in [3.63, 3.8) is 0 Å². The van der Waals surface area contributed by atoms with Gasteiger partial charge in [0.05, 0.1) is 17.8 Å². The number of benzene rings is 1. The van der Waals surface area contributed by atoms with E-state index >= 15 is 0 Å². The van der Waals surface area contributed by atoms with Gasteiger partial charge >= 0.3 is 5.97 Å². The van der Waals surface area contributed by atoms with Crippen molar-refractivity contribution in [2.75, 3.05) is 4.90 Å². The van der Waals surface area contributed by atoms with Crippen molar-refractivity contribution < 1.29 is 19.5 Å². The number of nitrogens with zero attached hydrogens (tertiary/aromatic N) is 1. The highest BCUT2D eigenvalue weighted by atomic mass is 32.1. The number of amides is 1. The van der Waals surface area contributed by atoms with Gasteiger partial charge in [0.1, 0.15) is 4.88 Å². The number of carbonyl (C=O) groups excluding carboxylic acids is 2. The highest BCUT2D eigenvalue weighted by molar-refractivity contribution is 7.12. The lowest BCUT2D eigenvalue weighted by Gasteiger charge is -2.18. The van der Waals surface area contributed by atoms with Crippen LogP contribution in [0.25, 0.3) is 0 Å². The number of hydrogen-bond acceptors (Lipinski definition) is 4. The van der Waals surface area contributed by atoms with E-state index in [-0.39, 0.29) is 11.4 Å². The van der Waals surface area contributed by atoms with Crippen LogP contribution in [0.15, 0.2) is 29.6 Å². The number of ketones is 1. The van der Waals surface area contributed by atoms with Crippen LogP contribution in [-0.2, 0) is 11.3 Å². The number of rotatable bonds is 3. The molecule has 2 heterocycles. The normalized spacial score (nSPS) is 13.7. The number of carboxylic acids is 1. The lowest BCUT2D eigenvalue weighted by molar-refractivity contribution is -0.114. The standard InChI is InChI=1S/C15H11NO4S/c1-8-3-2-4-10-11(8)16(14(18)12(10)17)7-9-5-6-21-13(9)15(19)20/h2-6H,7H2,1H3,(H,19,20). The van der Waals surface area contributed by atoms with E-state index in [0.29, 0.717) is 16.8 Å². The molecular weight excluding hydrogens is 290 g/mol. The van der Waals surface area contributed by atoms with Crippen LogP contribution in [0.1, 0.15) is 31.2 Å². The predicted molar refractivity (Wildman–Crippen MR) is 78.0 cm³/mol. The zero-order chi connectivity index (χ0) is 15.1. The molecule has 0 spiro atoms. The number of fused-ring (bicyclic) bond motifs is 1. The molecule has 0 bridgehead atoms. The average Bonchev–Trinajstić information content (AvgIpc) is 2.99. The lowest BCUT2D eigenvalue weighted by atomic mass is 10.1. The number of hydrogen-bond donors (Lipinski definition) is 1. The summed E-state index contributed by atoms with van der Waals surface area (Å²) in [6, 6.07) is 6.84. The second-order valence-corrected chi connectivity index (χ2v) is 5.69. The Morgan fingerprint density at radius 1 is 1.29 bits per heavy atom. The molecule has 1 aromatic carbocycles. The number of aromatic carboxylic acids is 1. The van der Waals surface area contributed by atoms with E-state index < -0.39 is 17.7 Å². The number of carbonyl (C=O) groups is 3. The van der Waals surface area contributed by atoms with Gasteiger partial charge in [-0.2, -0.15) is 0 Å². The zero-order valence-corrected chi connectivity index (χ0v) is 11.9. The van der Waals surface area contributed by atoms with Crippen LogP contribution in [-0.4, -0.2) is 22.8 Å². The summed E-state index contributed by atoms with van der Waals surface area (Å²) < 4.78 is 0. The van der Waals surface area contributed by atoms with Crippen molar-refractivity contribution >= 4 is 34.7 Å². The monoisotopic (exact) mass is 301 g/mol. The summed E-state index contributed by atoms with van der Waals surface area (Å²) in [6.45, 7) is 1.91. The molecule has 0 saturated heterocycles. The molecule has 106 valence electrons. The fourth-order valence-electron chi connectivity index (χ4n) is 2.51. The molecule has 21 heavy (non-hydrogen) atoms. The minimum absolute atomic E-state index is 0.0908. The molecule has 0 aliphatic carbocycles. The first kappa shape index (κ1) is 13.5. The molecule has 3 rings (SSSR count). The third kappa shape index (κ3) is 2.04. The van der Waals surface area contributed by atoms with Gasteiger partial charge in [0.25, 0.3) is 11.7 Å². The number of para-hydroxylation sites is 1. The molecule has 1 N–H and O–H groups in total. The third-order valence-electron chi connectivity index (χ3n) is 3.46. The number of carboxylic acid groups (broad SMARTS) is 1. The summed E-state index contributed by atoms with van der Waals surface area (Å²) in [5, 5.41) is 10.8. The van der Waals surface area contributed by atoms with E-state index in [4.69, 9.17) is 5.11 Å². The van der Waals surface area contributed by atoms with Crippen LogP contribution in [0.5, 0.6) is 0 Å². The van der Waals surface area contributed by atoms with Crippen LogP contribution in [0.2, 0.25) is 0 Å². The first-order valence-corrected chi connectivity index (χ1v) is 7.14. The minimum atomic E-state index is -1.03. The van der Waals surface area contributed by atoms with E-state index in [2.05, 4.69) is 0 Å². The van der Waals surface area contributed by atoms with E-state index in [9.17, 15) is 14.4 Å². The van der Waals surface area contributed by atoms with Crippen LogP contribution in [0.4, 0.5) is 5.69 Å². The molecule has 1 amide bonds. The van der Waals surface area contributed by atoms with Gasteiger partial charge in [0, 0.05) is 0 Å². The van der Waals surface area contributed by atoms with Gasteiger partial charge in [-0.25, -0.2) is 4.79 Å². The van der Waals surface area contributed by atoms with Gasteiger partial charge < -0.3 is 10.0 Å². The summed E-state index contributed by atoms with van der Waals surface area (Å²) in [4.78, 5) is 36.9. The van der Waals surface area contributed by atoms with Crippen molar-refractivity contribution in [3.8, 4) is 0 Å². The first-order valence-electron chi connectivity index (χ1n) is 6.26. The number of thiophene rings is 1. The van der Waals surface area contributed by atoms with E-state index in [1.807, 2.05) is 13.0 Å². The van der Waals surface area contributed by atoms with Gasteiger partial charge in [-0.05, 0) is 35.6 Å². The molecular formula is C15H11NO4S. The maximum absolute atomic E-state index is 12.2. The smallest absolute Gasteiger partial charge is 0.346 e. The maximum Gasteiger partial charge on any atom is 0.346 e. The summed E-state index contributed by atoms with van der Waals surface area (Å²) in [5.41, 5.74) is 2.31. The molecule has 0 radical (unpaired) electrons. The summed E-state index contributed by atoms with van der Waals surface area (Å²) in [7, 11) is 0. The number of anilines is 1. The Balaban J connectivity index is 2.05. The highest BCUT2D eigenvalue weighted by Crippen LogP contribution is 2.34. The topological polar surface area (TPSA) is 74.7 Å². The second-order valence-electron chi connectivity index (χ2n) is 4.77. The Kier molecular flexibility index (Phi) is 3.10. The van der Waals surface area contributed by atoms with Crippen molar-refractivity contribution in [1.82, 2.24) is 0 Å². The van der Waals surface area contributed by atoms with Gasteiger partial charge in [-0.15, -0.1) is 11.3 Å². The van der Waals surface area contributed by atoms with Crippen LogP contribution >= 0.6 is 11.3 Å². The molecule has 0 fully saturated rings. The third-order valence-corrected chi connectivity index (χ3v) is 4.41. The summed E-state index contributed by atoms with van der Waals surface area (Å²) >= 11 is 1.11. The fraction of sp³-hybridized carbons (Fsp3) is 0.133. The fourth-order valence-corrected chi connectivity index (χ4v) is 3.26. The SMILES string of the molecule is Cc1cccc2c1N(Cc1ccsc1C(=O)O)C(=O)C2=O. The van der Waals surface area contributed by atoms with Gasteiger partial charge in [0.2, 0.25) is 0 Å². The van der Waals surface area contributed by atoms with Crippen LogP contribution < -0.4 is 4.90 Å². The van der Waals surface area contributed by atoms with E-state index in [1.54, 1.807) is 23.6 Å². The molecule has 1 aromatic heterocycles. The first-order chi connectivity index (χ1) is 10.0. The Morgan fingerprint density at radius 3 is 2.76 bits per heavy atom. The van der Waals surface area contributed by atoms with Gasteiger partial charge in [0.15, 0.2) is 0 Å². The largest absolute Gasteiger partial charge is 0.477 e. The second kappa shape index (κ2) is 4.82. The Hall–Kier alpha value is -2.47. The molecule has 5 nitrogen and oxygen atoms in total. The van der Waals surface area contributed by atoms with Crippen molar-refractivity contribution in [1.29, 1.82) is 0 Å². The van der Waals surface area contributed by atoms with E-state index in [1.165, 1.54) is 4.90 Å². The van der Waals surface area contributed by atoms with Crippen LogP contribution in [0.3, 0.4) is 0 Å². The van der Waals surface area contributed by atoms with Crippen molar-refractivity contribution in [3.05, 3.63) is 51.2 Å². The molecule has 2 aromatic rings. The molecule has 0 unspecified atom stereocenters.